The average molecular weight is 438 g/mol. The highest BCUT2D eigenvalue weighted by Crippen LogP contribution is 2.50. The molecular weight excluding hydrogens is 416 g/mol. The predicted molar refractivity (Wildman–Crippen MR) is 124 cm³/mol. The summed E-state index contributed by atoms with van der Waals surface area (Å²) in [6, 6.07) is 25.3. The van der Waals surface area contributed by atoms with E-state index in [4.69, 9.17) is 4.74 Å². The van der Waals surface area contributed by atoms with E-state index in [0.29, 0.717) is 23.2 Å². The number of esters is 1. The van der Waals surface area contributed by atoms with Crippen molar-refractivity contribution in [1.29, 1.82) is 0 Å². The molecule has 1 atom stereocenters. The molecule has 5 rings (SSSR count). The minimum atomic E-state index is -1.46. The summed E-state index contributed by atoms with van der Waals surface area (Å²) in [7, 11) is 0. The molecule has 3 aromatic carbocycles. The fourth-order valence-electron chi connectivity index (χ4n) is 4.57. The molecule has 2 aliphatic rings. The van der Waals surface area contributed by atoms with E-state index < -0.39 is 17.5 Å². The summed E-state index contributed by atoms with van der Waals surface area (Å²) in [4.78, 5) is 41.5. The van der Waals surface area contributed by atoms with E-state index >= 15 is 0 Å². The van der Waals surface area contributed by atoms with Gasteiger partial charge in [-0.15, -0.1) is 0 Å². The number of nitrogens with zero attached hydrogens (tertiary/aromatic N) is 1. The second-order valence-electron chi connectivity index (χ2n) is 8.00. The summed E-state index contributed by atoms with van der Waals surface area (Å²) in [5.74, 6) is -1.42. The van der Waals surface area contributed by atoms with Crippen molar-refractivity contribution in [3.8, 4) is 0 Å². The first kappa shape index (κ1) is 20.7. The Kier molecular flexibility index (Phi) is 5.05. The van der Waals surface area contributed by atoms with E-state index in [1.54, 1.807) is 29.2 Å². The third kappa shape index (κ3) is 3.31. The molecule has 2 heterocycles. The molecule has 6 nitrogen and oxygen atoms in total. The highest BCUT2D eigenvalue weighted by Gasteiger charge is 2.57. The van der Waals surface area contributed by atoms with Crippen LogP contribution in [0.3, 0.4) is 0 Å². The van der Waals surface area contributed by atoms with Crippen molar-refractivity contribution >= 4 is 29.0 Å². The van der Waals surface area contributed by atoms with E-state index in [-0.39, 0.29) is 18.0 Å². The van der Waals surface area contributed by atoms with Crippen molar-refractivity contribution < 1.29 is 19.1 Å². The van der Waals surface area contributed by atoms with Crippen molar-refractivity contribution in [3.05, 3.63) is 107 Å². The lowest BCUT2D eigenvalue weighted by molar-refractivity contribution is -0.165. The van der Waals surface area contributed by atoms with Gasteiger partial charge in [0.25, 0.3) is 11.8 Å². The van der Waals surface area contributed by atoms with Crippen molar-refractivity contribution in [2.45, 2.75) is 18.9 Å². The molecule has 0 fully saturated rings. The van der Waals surface area contributed by atoms with Gasteiger partial charge in [0, 0.05) is 24.1 Å². The summed E-state index contributed by atoms with van der Waals surface area (Å²) < 4.78 is 5.90. The average Bonchev–Trinajstić information content (AvgIpc) is 3.08. The van der Waals surface area contributed by atoms with Gasteiger partial charge in [0.2, 0.25) is 5.60 Å². The maximum absolute atomic E-state index is 13.6. The number of amides is 2. The third-order valence-electron chi connectivity index (χ3n) is 6.13. The number of hydrogen-bond donors (Lipinski definition) is 1. The standard InChI is InChI=1S/C27H22N2O4/c1-2-29-22-16-10-9-15-21(22)27(26(29)32)17-20(18-11-5-3-6-12-18)23(25(31)33-27)28-24(30)19-13-7-4-8-14-19/h3-16H,2,17H2,1H3,(H,28,30)/t27-/m1/s1. The molecule has 2 amide bonds. The molecule has 3 aromatic rings. The number of benzene rings is 3. The van der Waals surface area contributed by atoms with Crippen LogP contribution in [0.25, 0.3) is 5.57 Å². The van der Waals surface area contributed by atoms with Gasteiger partial charge >= 0.3 is 5.97 Å². The van der Waals surface area contributed by atoms with Crippen LogP contribution in [0.5, 0.6) is 0 Å². The minimum Gasteiger partial charge on any atom is -0.439 e. The number of para-hydroxylation sites is 1. The number of carbonyl (C=O) groups is 3. The molecule has 0 unspecified atom stereocenters. The van der Waals surface area contributed by atoms with Crippen molar-refractivity contribution in [1.82, 2.24) is 5.32 Å². The molecule has 0 saturated heterocycles. The van der Waals surface area contributed by atoms with Gasteiger partial charge in [-0.3, -0.25) is 9.59 Å². The van der Waals surface area contributed by atoms with Gasteiger partial charge in [-0.2, -0.15) is 0 Å². The van der Waals surface area contributed by atoms with E-state index in [0.717, 1.165) is 11.3 Å². The Morgan fingerprint density at radius 2 is 1.58 bits per heavy atom. The Balaban J connectivity index is 1.64. The molecule has 1 spiro atoms. The Bertz CT molecular complexity index is 1280. The molecule has 164 valence electrons. The fourth-order valence-corrected chi connectivity index (χ4v) is 4.57. The molecule has 0 aliphatic carbocycles. The van der Waals surface area contributed by atoms with Gasteiger partial charge in [0.05, 0.1) is 5.69 Å². The summed E-state index contributed by atoms with van der Waals surface area (Å²) in [6.45, 7) is 2.34. The van der Waals surface area contributed by atoms with Gasteiger partial charge in [0.1, 0.15) is 5.70 Å². The van der Waals surface area contributed by atoms with Crippen molar-refractivity contribution in [2.75, 3.05) is 11.4 Å². The third-order valence-corrected chi connectivity index (χ3v) is 6.13. The molecule has 0 aromatic heterocycles. The summed E-state index contributed by atoms with van der Waals surface area (Å²) in [5, 5.41) is 2.75. The zero-order valence-corrected chi connectivity index (χ0v) is 18.1. The van der Waals surface area contributed by atoms with Crippen LogP contribution in [0.4, 0.5) is 5.69 Å². The van der Waals surface area contributed by atoms with E-state index in [9.17, 15) is 14.4 Å². The first-order chi connectivity index (χ1) is 16.0. The number of carbonyl (C=O) groups excluding carboxylic acids is 3. The molecule has 33 heavy (non-hydrogen) atoms. The molecule has 2 aliphatic heterocycles. The molecule has 6 heteroatoms. The highest BCUT2D eigenvalue weighted by molar-refractivity contribution is 6.13. The van der Waals surface area contributed by atoms with Crippen LogP contribution in [-0.2, 0) is 19.9 Å². The Morgan fingerprint density at radius 3 is 2.27 bits per heavy atom. The number of ether oxygens (including phenoxy) is 1. The maximum atomic E-state index is 13.6. The fraction of sp³-hybridized carbons (Fsp3) is 0.148. The van der Waals surface area contributed by atoms with Crippen molar-refractivity contribution in [2.24, 2.45) is 0 Å². The van der Waals surface area contributed by atoms with Gasteiger partial charge in [0.15, 0.2) is 0 Å². The first-order valence-electron chi connectivity index (χ1n) is 10.8. The monoisotopic (exact) mass is 438 g/mol. The van der Waals surface area contributed by atoms with Crippen LogP contribution < -0.4 is 10.2 Å². The first-order valence-corrected chi connectivity index (χ1v) is 10.8. The summed E-state index contributed by atoms with van der Waals surface area (Å²) >= 11 is 0. The zero-order valence-electron chi connectivity index (χ0n) is 18.1. The number of nitrogens with one attached hydrogen (secondary N) is 1. The lowest BCUT2D eigenvalue weighted by atomic mass is 9.82. The van der Waals surface area contributed by atoms with Crippen LogP contribution in [0.15, 0.2) is 90.6 Å². The number of fused-ring (bicyclic) bond motifs is 2. The second kappa shape index (κ2) is 8.06. The number of anilines is 1. The molecule has 1 N–H and O–H groups in total. The molecule has 0 radical (unpaired) electrons. The van der Waals surface area contributed by atoms with E-state index in [2.05, 4.69) is 5.32 Å². The molecular formula is C27H22N2O4. The lowest BCUT2D eigenvalue weighted by Crippen LogP contribution is -2.48. The minimum absolute atomic E-state index is 0.0564. The Morgan fingerprint density at radius 1 is 0.939 bits per heavy atom. The summed E-state index contributed by atoms with van der Waals surface area (Å²) in [6.07, 6.45) is 0.125. The Labute approximate surface area is 191 Å². The number of likely N-dealkylation sites (N-methyl/N-ethyl adjacent to an activating group) is 1. The Hall–Kier alpha value is -4.19. The van der Waals surface area contributed by atoms with Crippen molar-refractivity contribution in [3.63, 3.8) is 0 Å². The van der Waals surface area contributed by atoms with Crippen LogP contribution in [0, 0.1) is 0 Å². The van der Waals surface area contributed by atoms with Gasteiger partial charge in [-0.05, 0) is 36.3 Å². The quantitative estimate of drug-likeness (QED) is 0.624. The number of hydrogen-bond acceptors (Lipinski definition) is 4. The van der Waals surface area contributed by atoms with Gasteiger partial charge < -0.3 is 15.0 Å². The van der Waals surface area contributed by atoms with Gasteiger partial charge in [-0.1, -0.05) is 66.7 Å². The second-order valence-corrected chi connectivity index (χ2v) is 8.00. The maximum Gasteiger partial charge on any atom is 0.356 e. The lowest BCUT2D eigenvalue weighted by Gasteiger charge is -2.35. The number of rotatable bonds is 4. The predicted octanol–water partition coefficient (Wildman–Crippen LogP) is 4.04. The zero-order chi connectivity index (χ0) is 23.0. The van der Waals surface area contributed by atoms with Crippen LogP contribution in [-0.4, -0.2) is 24.3 Å². The van der Waals surface area contributed by atoms with E-state index in [1.807, 2.05) is 67.6 Å². The van der Waals surface area contributed by atoms with Gasteiger partial charge in [-0.25, -0.2) is 4.79 Å². The topological polar surface area (TPSA) is 75.7 Å². The summed E-state index contributed by atoms with van der Waals surface area (Å²) in [5.41, 5.74) is 1.73. The molecule has 0 saturated carbocycles. The SMILES string of the molecule is CCN1C(=O)[C@@]2(CC(c3ccccc3)=C(NC(=O)c3ccccc3)C(=O)O2)c2ccccc21. The normalized spacial score (nSPS) is 19.5. The smallest absolute Gasteiger partial charge is 0.356 e. The van der Waals surface area contributed by atoms with Crippen LogP contribution in [0.1, 0.15) is 34.8 Å². The highest BCUT2D eigenvalue weighted by atomic mass is 16.6. The van der Waals surface area contributed by atoms with Crippen LogP contribution >= 0.6 is 0 Å². The molecule has 0 bridgehead atoms. The van der Waals surface area contributed by atoms with Crippen LogP contribution in [0.2, 0.25) is 0 Å². The largest absolute Gasteiger partial charge is 0.439 e. The van der Waals surface area contributed by atoms with E-state index in [1.165, 1.54) is 0 Å².